The summed E-state index contributed by atoms with van der Waals surface area (Å²) in [5.41, 5.74) is 0.921. The first-order valence-electron chi connectivity index (χ1n) is 7.19. The maximum absolute atomic E-state index is 8.72. The van der Waals surface area contributed by atoms with E-state index in [4.69, 9.17) is 9.84 Å². The Morgan fingerprint density at radius 1 is 1.43 bits per heavy atom. The maximum atomic E-state index is 8.72. The van der Waals surface area contributed by atoms with Crippen LogP contribution in [0.15, 0.2) is 24.3 Å². The first kappa shape index (κ1) is 17.9. The smallest absolute Gasteiger partial charge is 0.120 e. The van der Waals surface area contributed by atoms with Gasteiger partial charge in [-0.05, 0) is 38.4 Å². The molecular formula is C17H25NO2S. The molecule has 0 aliphatic rings. The van der Waals surface area contributed by atoms with Crippen LogP contribution in [0.1, 0.15) is 18.9 Å². The van der Waals surface area contributed by atoms with Gasteiger partial charge in [0, 0.05) is 30.3 Å². The molecule has 1 rings (SSSR count). The first-order valence-corrected chi connectivity index (χ1v) is 8.58. The zero-order valence-electron chi connectivity index (χ0n) is 13.1. The second-order valence-electron chi connectivity index (χ2n) is 4.94. The van der Waals surface area contributed by atoms with Crippen LogP contribution in [0.25, 0.3) is 0 Å². The van der Waals surface area contributed by atoms with E-state index in [2.05, 4.69) is 37.0 Å². The molecule has 0 fully saturated rings. The molecular weight excluding hydrogens is 282 g/mol. The Kier molecular flexibility index (Phi) is 9.00. The molecule has 0 aliphatic carbocycles. The third-order valence-corrected chi connectivity index (χ3v) is 3.99. The molecule has 1 aromatic carbocycles. The summed E-state index contributed by atoms with van der Waals surface area (Å²) < 4.78 is 5.79. The summed E-state index contributed by atoms with van der Waals surface area (Å²) >= 11 is 1.86. The van der Waals surface area contributed by atoms with E-state index in [1.165, 1.54) is 0 Å². The van der Waals surface area contributed by atoms with Crippen molar-refractivity contribution in [2.45, 2.75) is 19.4 Å². The van der Waals surface area contributed by atoms with E-state index < -0.39 is 0 Å². The average Bonchev–Trinajstić information content (AvgIpc) is 2.48. The Hall–Kier alpha value is -1.15. The monoisotopic (exact) mass is 307 g/mol. The summed E-state index contributed by atoms with van der Waals surface area (Å²) in [6, 6.07) is 8.33. The summed E-state index contributed by atoms with van der Waals surface area (Å²) in [6.45, 7) is 3.91. The van der Waals surface area contributed by atoms with E-state index in [0.717, 1.165) is 23.6 Å². The predicted octanol–water partition coefficient (Wildman–Crippen LogP) is 2.48. The number of hydrogen-bond donors (Lipinski definition) is 1. The van der Waals surface area contributed by atoms with Crippen molar-refractivity contribution < 1.29 is 9.84 Å². The van der Waals surface area contributed by atoms with E-state index in [1.807, 2.05) is 36.0 Å². The van der Waals surface area contributed by atoms with Gasteiger partial charge < -0.3 is 9.84 Å². The van der Waals surface area contributed by atoms with E-state index in [0.29, 0.717) is 19.1 Å². The number of benzene rings is 1. The Balaban J connectivity index is 2.42. The molecule has 1 unspecified atom stereocenters. The highest BCUT2D eigenvalue weighted by molar-refractivity contribution is 7.98. The summed E-state index contributed by atoms with van der Waals surface area (Å²) in [6.07, 6.45) is 2.63. The van der Waals surface area contributed by atoms with Crippen molar-refractivity contribution in [2.75, 3.05) is 38.8 Å². The summed E-state index contributed by atoms with van der Waals surface area (Å²) in [5.74, 6) is 7.91. The van der Waals surface area contributed by atoms with Gasteiger partial charge in [0.05, 0.1) is 6.61 Å². The van der Waals surface area contributed by atoms with Gasteiger partial charge in [-0.15, -0.1) is 0 Å². The normalized spacial score (nSPS) is 11.9. The molecule has 0 aromatic heterocycles. The van der Waals surface area contributed by atoms with Crippen molar-refractivity contribution in [3.05, 3.63) is 29.8 Å². The van der Waals surface area contributed by atoms with Gasteiger partial charge in [-0.1, -0.05) is 17.9 Å². The summed E-state index contributed by atoms with van der Waals surface area (Å²) in [4.78, 5) is 2.31. The minimum Gasteiger partial charge on any atom is -0.492 e. The van der Waals surface area contributed by atoms with Crippen LogP contribution >= 0.6 is 11.8 Å². The number of aliphatic hydroxyl groups excluding tert-OH is 1. The van der Waals surface area contributed by atoms with E-state index in [-0.39, 0.29) is 6.61 Å². The maximum Gasteiger partial charge on any atom is 0.120 e. The predicted molar refractivity (Wildman–Crippen MR) is 91.0 cm³/mol. The molecule has 116 valence electrons. The van der Waals surface area contributed by atoms with Crippen LogP contribution in [0, 0.1) is 11.8 Å². The van der Waals surface area contributed by atoms with E-state index in [9.17, 15) is 0 Å². The molecule has 1 N–H and O–H groups in total. The zero-order valence-corrected chi connectivity index (χ0v) is 13.9. The van der Waals surface area contributed by atoms with Crippen molar-refractivity contribution in [3.63, 3.8) is 0 Å². The lowest BCUT2D eigenvalue weighted by Crippen LogP contribution is -2.34. The van der Waals surface area contributed by atoms with Crippen molar-refractivity contribution >= 4 is 11.8 Å². The van der Waals surface area contributed by atoms with Crippen LogP contribution in [0.3, 0.4) is 0 Å². The third-order valence-electron chi connectivity index (χ3n) is 3.18. The van der Waals surface area contributed by atoms with Crippen LogP contribution in [-0.4, -0.2) is 54.9 Å². The number of ether oxygens (including phenoxy) is 1. The van der Waals surface area contributed by atoms with Crippen molar-refractivity contribution in [2.24, 2.45) is 0 Å². The molecule has 0 heterocycles. The average molecular weight is 307 g/mol. The molecule has 0 bridgehead atoms. The standard InChI is InChI=1S/C17H25NO2S/c1-15(14-21-3)18(2)10-12-20-17-9-6-8-16(13-17)7-4-5-11-19/h6,8-9,13,15,19H,5,10-12,14H2,1-3H3. The van der Waals surface area contributed by atoms with Gasteiger partial charge in [0.1, 0.15) is 12.4 Å². The lowest BCUT2D eigenvalue weighted by molar-refractivity contribution is 0.210. The minimum atomic E-state index is 0.101. The Morgan fingerprint density at radius 2 is 2.24 bits per heavy atom. The van der Waals surface area contributed by atoms with Gasteiger partial charge >= 0.3 is 0 Å². The molecule has 3 nitrogen and oxygen atoms in total. The fourth-order valence-electron chi connectivity index (χ4n) is 1.78. The number of aliphatic hydroxyl groups is 1. The summed E-state index contributed by atoms with van der Waals surface area (Å²) in [5, 5.41) is 8.72. The lowest BCUT2D eigenvalue weighted by Gasteiger charge is -2.23. The SMILES string of the molecule is CSCC(C)N(C)CCOc1cccc(C#CCCO)c1. The Labute approximate surface area is 132 Å². The fourth-order valence-corrected chi connectivity index (χ4v) is 2.52. The van der Waals surface area contributed by atoms with Gasteiger partial charge in [0.15, 0.2) is 0 Å². The number of thioether (sulfide) groups is 1. The number of rotatable bonds is 8. The van der Waals surface area contributed by atoms with Crippen LogP contribution in [-0.2, 0) is 0 Å². The molecule has 0 saturated heterocycles. The highest BCUT2D eigenvalue weighted by atomic mass is 32.2. The number of nitrogens with zero attached hydrogens (tertiary/aromatic N) is 1. The van der Waals surface area contributed by atoms with Gasteiger partial charge in [-0.2, -0.15) is 11.8 Å². The van der Waals surface area contributed by atoms with Crippen LogP contribution in [0.2, 0.25) is 0 Å². The second kappa shape index (κ2) is 10.6. The summed E-state index contributed by atoms with van der Waals surface area (Å²) in [7, 11) is 2.13. The highest BCUT2D eigenvalue weighted by Gasteiger charge is 2.07. The molecule has 1 atom stereocenters. The van der Waals surface area contributed by atoms with Gasteiger partial charge in [0.25, 0.3) is 0 Å². The van der Waals surface area contributed by atoms with Crippen molar-refractivity contribution in [1.29, 1.82) is 0 Å². The molecule has 0 aliphatic heterocycles. The lowest BCUT2D eigenvalue weighted by atomic mass is 10.2. The highest BCUT2D eigenvalue weighted by Crippen LogP contribution is 2.13. The van der Waals surface area contributed by atoms with Gasteiger partial charge in [-0.25, -0.2) is 0 Å². The second-order valence-corrected chi connectivity index (χ2v) is 5.85. The number of likely N-dealkylation sites (N-methyl/N-ethyl adjacent to an activating group) is 1. The topological polar surface area (TPSA) is 32.7 Å². The van der Waals surface area contributed by atoms with Crippen LogP contribution < -0.4 is 4.74 Å². The third kappa shape index (κ3) is 7.42. The quantitative estimate of drug-likeness (QED) is 0.748. The van der Waals surface area contributed by atoms with Crippen molar-refractivity contribution in [3.8, 4) is 17.6 Å². The van der Waals surface area contributed by atoms with Gasteiger partial charge in [0.2, 0.25) is 0 Å². The zero-order chi connectivity index (χ0) is 15.5. The molecule has 4 heteroatoms. The molecule has 0 radical (unpaired) electrons. The van der Waals surface area contributed by atoms with E-state index in [1.54, 1.807) is 0 Å². The molecule has 0 amide bonds. The largest absolute Gasteiger partial charge is 0.492 e. The fraction of sp³-hybridized carbons (Fsp3) is 0.529. The number of hydrogen-bond acceptors (Lipinski definition) is 4. The Morgan fingerprint density at radius 3 is 2.95 bits per heavy atom. The molecule has 1 aromatic rings. The minimum absolute atomic E-state index is 0.101. The first-order chi connectivity index (χ1) is 10.2. The molecule has 0 spiro atoms. The van der Waals surface area contributed by atoms with Crippen LogP contribution in [0.5, 0.6) is 5.75 Å². The van der Waals surface area contributed by atoms with Crippen LogP contribution in [0.4, 0.5) is 0 Å². The molecule has 0 saturated carbocycles. The van der Waals surface area contributed by atoms with E-state index >= 15 is 0 Å². The van der Waals surface area contributed by atoms with Crippen molar-refractivity contribution in [1.82, 2.24) is 4.90 Å². The molecule has 21 heavy (non-hydrogen) atoms. The van der Waals surface area contributed by atoms with Gasteiger partial charge in [-0.3, -0.25) is 4.90 Å². The Bertz CT molecular complexity index is 467.